The molecule has 5 heterocycles. The minimum Gasteiger partial charge on any atom is -0.481 e. The number of pyridine rings is 1. The smallest absolute Gasteiger partial charge is 0.291 e. The second kappa shape index (κ2) is 6.82. The SMILES string of the molecule is COc1ccc(Cn2ncc3c4sc(Cc5cc[nH]n5)nc4n(C)c3c2=O)cn1. The maximum absolute atomic E-state index is 13.1. The van der Waals surface area contributed by atoms with Gasteiger partial charge in [-0.1, -0.05) is 6.07 Å². The third-order valence-corrected chi connectivity index (χ3v) is 5.88. The maximum Gasteiger partial charge on any atom is 0.291 e. The average Bonchev–Trinajstić information content (AvgIpc) is 3.44. The number of ether oxygens (including phenoxy) is 1. The van der Waals surface area contributed by atoms with Gasteiger partial charge in [0.1, 0.15) is 10.5 Å². The highest BCUT2D eigenvalue weighted by Gasteiger charge is 2.18. The normalized spacial score (nSPS) is 11.5. The fourth-order valence-corrected chi connectivity index (χ4v) is 4.48. The van der Waals surface area contributed by atoms with E-state index in [9.17, 15) is 4.79 Å². The highest BCUT2D eigenvalue weighted by atomic mass is 32.1. The first-order valence-corrected chi connectivity index (χ1v) is 9.77. The van der Waals surface area contributed by atoms with E-state index in [0.29, 0.717) is 24.4 Å². The van der Waals surface area contributed by atoms with Gasteiger partial charge < -0.3 is 9.30 Å². The summed E-state index contributed by atoms with van der Waals surface area (Å²) < 4.78 is 9.34. The summed E-state index contributed by atoms with van der Waals surface area (Å²) in [5.41, 5.74) is 3.04. The van der Waals surface area contributed by atoms with E-state index < -0.39 is 0 Å². The number of rotatable bonds is 5. The maximum atomic E-state index is 13.1. The zero-order valence-electron chi connectivity index (χ0n) is 15.8. The average molecular weight is 407 g/mol. The summed E-state index contributed by atoms with van der Waals surface area (Å²) in [6, 6.07) is 5.57. The quantitative estimate of drug-likeness (QED) is 0.479. The van der Waals surface area contributed by atoms with E-state index in [2.05, 4.69) is 20.3 Å². The minimum absolute atomic E-state index is 0.153. The van der Waals surface area contributed by atoms with Crippen molar-refractivity contribution in [3.05, 3.63) is 63.4 Å². The zero-order chi connectivity index (χ0) is 20.0. The largest absolute Gasteiger partial charge is 0.481 e. The van der Waals surface area contributed by atoms with Crippen LogP contribution in [-0.4, -0.2) is 41.6 Å². The molecule has 0 aliphatic heterocycles. The lowest BCUT2D eigenvalue weighted by Crippen LogP contribution is -2.24. The molecule has 5 aromatic heterocycles. The number of fused-ring (bicyclic) bond motifs is 3. The summed E-state index contributed by atoms with van der Waals surface area (Å²) in [5, 5.41) is 13.2. The number of aryl methyl sites for hydroxylation is 1. The summed E-state index contributed by atoms with van der Waals surface area (Å²) in [6.07, 6.45) is 5.87. The van der Waals surface area contributed by atoms with Crippen molar-refractivity contribution >= 4 is 32.6 Å². The van der Waals surface area contributed by atoms with Crippen LogP contribution in [0.4, 0.5) is 0 Å². The van der Waals surface area contributed by atoms with Crippen molar-refractivity contribution in [2.75, 3.05) is 7.11 Å². The molecule has 0 amide bonds. The Morgan fingerprint density at radius 3 is 2.86 bits per heavy atom. The summed E-state index contributed by atoms with van der Waals surface area (Å²) in [7, 11) is 3.43. The summed E-state index contributed by atoms with van der Waals surface area (Å²) in [6.45, 7) is 0.336. The molecule has 5 rings (SSSR count). The van der Waals surface area contributed by atoms with Gasteiger partial charge in [-0.2, -0.15) is 10.2 Å². The number of aromatic nitrogens is 7. The summed E-state index contributed by atoms with van der Waals surface area (Å²) in [5.74, 6) is 0.531. The van der Waals surface area contributed by atoms with E-state index >= 15 is 0 Å². The molecule has 0 spiro atoms. The van der Waals surface area contributed by atoms with Crippen LogP contribution < -0.4 is 10.3 Å². The highest BCUT2D eigenvalue weighted by Crippen LogP contribution is 2.31. The Morgan fingerprint density at radius 2 is 2.14 bits per heavy atom. The van der Waals surface area contributed by atoms with Gasteiger partial charge in [-0.05, 0) is 11.6 Å². The number of nitrogens with zero attached hydrogens (tertiary/aromatic N) is 6. The molecule has 0 bridgehead atoms. The highest BCUT2D eigenvalue weighted by molar-refractivity contribution is 7.19. The molecule has 0 aliphatic rings. The van der Waals surface area contributed by atoms with Crippen LogP contribution in [0.5, 0.6) is 5.88 Å². The lowest BCUT2D eigenvalue weighted by atomic mass is 10.3. The molecular weight excluding hydrogens is 390 g/mol. The van der Waals surface area contributed by atoms with E-state index in [1.54, 1.807) is 43.1 Å². The van der Waals surface area contributed by atoms with E-state index in [1.807, 2.05) is 23.7 Å². The lowest BCUT2D eigenvalue weighted by molar-refractivity contribution is 0.397. The van der Waals surface area contributed by atoms with Gasteiger partial charge in [0, 0.05) is 37.3 Å². The first kappa shape index (κ1) is 17.6. The Kier molecular flexibility index (Phi) is 4.13. The number of methoxy groups -OCH3 is 1. The van der Waals surface area contributed by atoms with Crippen molar-refractivity contribution in [2.24, 2.45) is 7.05 Å². The molecule has 10 heteroatoms. The Balaban J connectivity index is 1.54. The van der Waals surface area contributed by atoms with Gasteiger partial charge in [-0.25, -0.2) is 14.6 Å². The topological polar surface area (TPSA) is 104 Å². The van der Waals surface area contributed by atoms with Crippen LogP contribution in [0.25, 0.3) is 21.3 Å². The third kappa shape index (κ3) is 2.97. The molecule has 0 aliphatic carbocycles. The molecule has 9 nitrogen and oxygen atoms in total. The van der Waals surface area contributed by atoms with E-state index in [4.69, 9.17) is 9.72 Å². The zero-order valence-corrected chi connectivity index (χ0v) is 16.6. The Labute approximate surface area is 168 Å². The van der Waals surface area contributed by atoms with Crippen molar-refractivity contribution < 1.29 is 4.74 Å². The van der Waals surface area contributed by atoms with Gasteiger partial charge in [0.15, 0.2) is 5.65 Å². The number of nitrogens with one attached hydrogen (secondary N) is 1. The first-order valence-electron chi connectivity index (χ1n) is 8.95. The molecule has 0 atom stereocenters. The predicted molar refractivity (Wildman–Crippen MR) is 109 cm³/mol. The standard InChI is InChI=1S/C19H17N7O2S/c1-25-16-13(17-18(25)23-15(29-17)7-12-5-6-21-24-12)9-22-26(19(16)27)10-11-3-4-14(28-2)20-8-11/h3-6,8-9H,7,10H2,1-2H3,(H,21,24). The molecule has 1 N–H and O–H groups in total. The molecular formula is C19H17N7O2S. The first-order chi connectivity index (χ1) is 14.1. The molecule has 0 radical (unpaired) electrons. The van der Waals surface area contributed by atoms with Crippen LogP contribution in [-0.2, 0) is 20.0 Å². The molecule has 0 unspecified atom stereocenters. The number of H-pyrrole nitrogens is 1. The van der Waals surface area contributed by atoms with Gasteiger partial charge in [0.2, 0.25) is 5.88 Å². The van der Waals surface area contributed by atoms with E-state index in [-0.39, 0.29) is 5.56 Å². The van der Waals surface area contributed by atoms with E-state index in [0.717, 1.165) is 32.0 Å². The Hall–Kier alpha value is -3.53. The van der Waals surface area contributed by atoms with Gasteiger partial charge in [0.25, 0.3) is 5.56 Å². The van der Waals surface area contributed by atoms with Crippen molar-refractivity contribution in [1.29, 1.82) is 0 Å². The van der Waals surface area contributed by atoms with Gasteiger partial charge >= 0.3 is 0 Å². The van der Waals surface area contributed by atoms with Crippen molar-refractivity contribution in [2.45, 2.75) is 13.0 Å². The van der Waals surface area contributed by atoms with Crippen LogP contribution in [0.15, 0.2) is 41.6 Å². The fourth-order valence-electron chi connectivity index (χ4n) is 3.36. The summed E-state index contributed by atoms with van der Waals surface area (Å²) in [4.78, 5) is 22.0. The fraction of sp³-hybridized carbons (Fsp3) is 0.211. The number of hydrogen-bond acceptors (Lipinski definition) is 7. The van der Waals surface area contributed by atoms with Crippen molar-refractivity contribution in [1.82, 2.24) is 34.5 Å². The van der Waals surface area contributed by atoms with Crippen molar-refractivity contribution in [3.63, 3.8) is 0 Å². The van der Waals surface area contributed by atoms with E-state index in [1.165, 1.54) is 4.68 Å². The molecule has 0 aromatic carbocycles. The van der Waals surface area contributed by atoms with Gasteiger partial charge in [-0.15, -0.1) is 11.3 Å². The predicted octanol–water partition coefficient (Wildman–Crippen LogP) is 2.11. The minimum atomic E-state index is -0.153. The molecule has 146 valence electrons. The molecule has 0 saturated carbocycles. The molecule has 0 saturated heterocycles. The van der Waals surface area contributed by atoms with Crippen molar-refractivity contribution in [3.8, 4) is 5.88 Å². The Morgan fingerprint density at radius 1 is 1.24 bits per heavy atom. The van der Waals surface area contributed by atoms with Gasteiger partial charge in [0.05, 0.1) is 30.2 Å². The van der Waals surface area contributed by atoms with Gasteiger partial charge in [-0.3, -0.25) is 9.89 Å². The molecule has 5 aromatic rings. The van der Waals surface area contributed by atoms with Crippen LogP contribution in [0, 0.1) is 0 Å². The third-order valence-electron chi connectivity index (χ3n) is 4.80. The summed E-state index contributed by atoms with van der Waals surface area (Å²) >= 11 is 1.57. The molecule has 0 fully saturated rings. The second-order valence-corrected chi connectivity index (χ2v) is 7.72. The van der Waals surface area contributed by atoms with Crippen LogP contribution in [0.2, 0.25) is 0 Å². The number of thiazole rings is 1. The number of aromatic amines is 1. The second-order valence-electron chi connectivity index (χ2n) is 6.64. The van der Waals surface area contributed by atoms with Crippen LogP contribution in [0.3, 0.4) is 0 Å². The Bertz CT molecular complexity index is 1360. The lowest BCUT2D eigenvalue weighted by Gasteiger charge is -2.06. The monoisotopic (exact) mass is 407 g/mol. The van der Waals surface area contributed by atoms with Crippen LogP contribution in [0.1, 0.15) is 16.3 Å². The number of hydrogen-bond donors (Lipinski definition) is 1. The molecule has 29 heavy (non-hydrogen) atoms. The van der Waals surface area contributed by atoms with Crippen LogP contribution >= 0.6 is 11.3 Å².